The minimum atomic E-state index is 0. The Morgan fingerprint density at radius 2 is 1.82 bits per heavy atom. The van der Waals surface area contributed by atoms with Gasteiger partial charge in [-0.25, -0.2) is 4.98 Å². The van der Waals surface area contributed by atoms with Crippen molar-refractivity contribution in [3.05, 3.63) is 46.8 Å². The summed E-state index contributed by atoms with van der Waals surface area (Å²) in [6, 6.07) is 10.4. The number of hydrogen-bond donors (Lipinski definition) is 0. The molecular weight excluding hydrogens is 589 g/mol. The van der Waals surface area contributed by atoms with Crippen LogP contribution in [0.2, 0.25) is 0 Å². The van der Waals surface area contributed by atoms with Crippen molar-refractivity contribution < 1.29 is 9.26 Å². The highest BCUT2D eigenvalue weighted by Gasteiger charge is 2.25. The minimum absolute atomic E-state index is 0. The molecule has 2 aromatic heterocycles. The number of aromatic nitrogens is 2. The molecule has 0 amide bonds. The molecule has 40 heavy (non-hydrogen) atoms. The summed E-state index contributed by atoms with van der Waals surface area (Å²) in [6.07, 6.45) is 8.98. The van der Waals surface area contributed by atoms with E-state index in [0.29, 0.717) is 17.4 Å². The zero-order chi connectivity index (χ0) is 25.8. The lowest BCUT2D eigenvalue weighted by Gasteiger charge is -2.31. The van der Waals surface area contributed by atoms with Gasteiger partial charge in [-0.15, -0.1) is 49.0 Å². The third-order valence-electron chi connectivity index (χ3n) is 7.54. The van der Waals surface area contributed by atoms with Gasteiger partial charge in [0.1, 0.15) is 16.8 Å². The molecule has 2 fully saturated rings. The van der Waals surface area contributed by atoms with E-state index in [0.717, 1.165) is 84.3 Å². The summed E-state index contributed by atoms with van der Waals surface area (Å²) in [7, 11) is 4.15. The first-order chi connectivity index (χ1) is 18.0. The number of nitriles is 1. The molecule has 0 radical (unpaired) electrons. The van der Waals surface area contributed by atoms with E-state index >= 15 is 0 Å². The van der Waals surface area contributed by atoms with Gasteiger partial charge in [0.2, 0.25) is 0 Å². The number of pyridine rings is 1. The normalized spacial score (nSPS) is 15.7. The van der Waals surface area contributed by atoms with Crippen LogP contribution in [0.15, 0.2) is 33.8 Å². The van der Waals surface area contributed by atoms with Gasteiger partial charge >= 0.3 is 0 Å². The van der Waals surface area contributed by atoms with Crippen LogP contribution in [0.1, 0.15) is 54.6 Å². The van der Waals surface area contributed by atoms with E-state index in [1.165, 1.54) is 37.4 Å². The molecule has 3 aromatic rings. The van der Waals surface area contributed by atoms with Crippen LogP contribution in [0.25, 0.3) is 11.0 Å². The molecule has 0 unspecified atom stereocenters. The Balaban J connectivity index is 0.00000187. The summed E-state index contributed by atoms with van der Waals surface area (Å²) in [5, 5.41) is 15.7. The number of fused-ring (bicyclic) bond motifs is 1. The third-order valence-corrected chi connectivity index (χ3v) is 8.23. The van der Waals surface area contributed by atoms with Gasteiger partial charge < -0.3 is 14.2 Å². The van der Waals surface area contributed by atoms with Crippen LogP contribution in [-0.4, -0.2) is 60.0 Å². The van der Waals surface area contributed by atoms with E-state index in [1.807, 2.05) is 18.4 Å². The Labute approximate surface area is 260 Å². The lowest BCUT2D eigenvalue weighted by atomic mass is 9.91. The number of aryl methyl sites for hydroxylation is 1. The maximum Gasteiger partial charge on any atom is 0.175 e. The quantitative estimate of drug-likeness (QED) is 0.215. The third kappa shape index (κ3) is 8.64. The molecule has 2 aliphatic rings. The fourth-order valence-electron chi connectivity index (χ4n) is 5.18. The number of nitrogens with zero attached hydrogens (tertiary/aromatic N) is 5. The lowest BCUT2D eigenvalue weighted by molar-refractivity contribution is 0.170. The average molecular weight is 629 g/mol. The number of likely N-dealkylation sites (tertiary alicyclic amines) is 1. The van der Waals surface area contributed by atoms with Gasteiger partial charge in [0.25, 0.3) is 0 Å². The Morgan fingerprint density at radius 3 is 2.48 bits per heavy atom. The molecule has 0 N–H and O–H groups in total. The van der Waals surface area contributed by atoms with Crippen LogP contribution in [-0.2, 0) is 19.5 Å². The molecular formula is C29H40Cl3N5O2S. The highest BCUT2D eigenvalue weighted by atomic mass is 35.5. The van der Waals surface area contributed by atoms with Crippen molar-refractivity contribution in [1.29, 1.82) is 5.26 Å². The Hall–Kier alpha value is -1.73. The predicted octanol–water partition coefficient (Wildman–Crippen LogP) is 6.78. The van der Waals surface area contributed by atoms with Gasteiger partial charge in [-0.3, -0.25) is 4.90 Å². The molecule has 1 aromatic carbocycles. The molecule has 1 aliphatic carbocycles. The number of thioether (sulfide) groups is 1. The monoisotopic (exact) mass is 627 g/mol. The highest BCUT2D eigenvalue weighted by molar-refractivity contribution is 7.98. The number of piperidine rings is 1. The molecule has 0 spiro atoms. The van der Waals surface area contributed by atoms with Crippen LogP contribution in [0.3, 0.4) is 0 Å². The maximum atomic E-state index is 9.24. The van der Waals surface area contributed by atoms with Gasteiger partial charge in [-0.2, -0.15) is 5.26 Å². The van der Waals surface area contributed by atoms with Crippen molar-refractivity contribution in [3.63, 3.8) is 0 Å². The molecule has 3 heterocycles. The number of rotatable bonds is 11. The molecule has 220 valence electrons. The van der Waals surface area contributed by atoms with Gasteiger partial charge in [0, 0.05) is 18.5 Å². The van der Waals surface area contributed by atoms with Gasteiger partial charge in [-0.1, -0.05) is 5.16 Å². The maximum absolute atomic E-state index is 9.24. The van der Waals surface area contributed by atoms with E-state index in [1.54, 1.807) is 0 Å². The van der Waals surface area contributed by atoms with Crippen LogP contribution >= 0.6 is 49.0 Å². The summed E-state index contributed by atoms with van der Waals surface area (Å²) in [6.45, 7) is 4.58. The molecule has 1 saturated heterocycles. The van der Waals surface area contributed by atoms with Gasteiger partial charge in [0.15, 0.2) is 5.58 Å². The van der Waals surface area contributed by atoms with E-state index in [-0.39, 0.29) is 37.2 Å². The fourth-order valence-corrected chi connectivity index (χ4v) is 5.72. The van der Waals surface area contributed by atoms with Crippen LogP contribution < -0.4 is 4.74 Å². The number of ether oxygens (including phenoxy) is 1. The number of hydrogen-bond acceptors (Lipinski definition) is 8. The second-order valence-electron chi connectivity index (χ2n) is 10.8. The standard InChI is InChI=1S/C29H37N5O2S.3ClH/c1-33(2)18-25-27(35-19-21-4-5-21)11-9-24-26(32-36-28(24)25)10-6-20-12-14-34(15-13-20)17-23-8-7-22(16-30)29(31-23)37-3;;;/h7-9,11,20-21H,4-6,10,12-15,17-19H2,1-3H3;3*1H. The second kappa shape index (κ2) is 16.1. The van der Waals surface area contributed by atoms with E-state index < -0.39 is 0 Å². The molecule has 11 heteroatoms. The van der Waals surface area contributed by atoms with Gasteiger partial charge in [0.05, 0.1) is 29.1 Å². The Bertz CT molecular complexity index is 1270. The van der Waals surface area contributed by atoms with Crippen LogP contribution in [0.5, 0.6) is 5.75 Å². The molecule has 0 atom stereocenters. The number of halogens is 3. The van der Waals surface area contributed by atoms with Crippen molar-refractivity contribution in [2.24, 2.45) is 11.8 Å². The van der Waals surface area contributed by atoms with E-state index in [9.17, 15) is 5.26 Å². The Morgan fingerprint density at radius 1 is 1.07 bits per heavy atom. The van der Waals surface area contributed by atoms with E-state index in [2.05, 4.69) is 47.3 Å². The predicted molar refractivity (Wildman–Crippen MR) is 168 cm³/mol. The first-order valence-electron chi connectivity index (χ1n) is 13.4. The lowest BCUT2D eigenvalue weighted by Crippen LogP contribution is -2.33. The first-order valence-corrected chi connectivity index (χ1v) is 14.6. The molecule has 0 bridgehead atoms. The van der Waals surface area contributed by atoms with Crippen molar-refractivity contribution in [1.82, 2.24) is 19.9 Å². The zero-order valence-electron chi connectivity index (χ0n) is 23.4. The fraction of sp³-hybridized carbons (Fsp3) is 0.552. The van der Waals surface area contributed by atoms with Crippen molar-refractivity contribution in [2.45, 2.75) is 56.6 Å². The van der Waals surface area contributed by atoms with Gasteiger partial charge in [-0.05, 0) is 108 Å². The zero-order valence-corrected chi connectivity index (χ0v) is 26.7. The SMILES string of the molecule is CSc1nc(CN2CCC(CCc3noc4c(CN(C)C)c(OCC5CC5)ccc34)CC2)ccc1C#N.Cl.Cl.Cl. The molecule has 1 saturated carbocycles. The molecule has 5 rings (SSSR count). The summed E-state index contributed by atoms with van der Waals surface area (Å²) in [4.78, 5) is 9.34. The second-order valence-corrected chi connectivity index (χ2v) is 11.6. The highest BCUT2D eigenvalue weighted by Crippen LogP contribution is 2.35. The van der Waals surface area contributed by atoms with Crippen LogP contribution in [0.4, 0.5) is 0 Å². The van der Waals surface area contributed by atoms with Crippen molar-refractivity contribution >= 4 is 60.0 Å². The van der Waals surface area contributed by atoms with Crippen molar-refractivity contribution in [3.8, 4) is 11.8 Å². The topological polar surface area (TPSA) is 78.4 Å². The van der Waals surface area contributed by atoms with E-state index in [4.69, 9.17) is 14.2 Å². The molecule has 7 nitrogen and oxygen atoms in total. The average Bonchev–Trinajstić information content (AvgIpc) is 3.65. The Kier molecular flexibility index (Phi) is 13.8. The number of benzene rings is 1. The largest absolute Gasteiger partial charge is 0.493 e. The minimum Gasteiger partial charge on any atom is -0.493 e. The van der Waals surface area contributed by atoms with Crippen molar-refractivity contribution in [2.75, 3.05) is 40.0 Å². The summed E-state index contributed by atoms with van der Waals surface area (Å²) >= 11 is 1.54. The first kappa shape index (κ1) is 34.5. The summed E-state index contributed by atoms with van der Waals surface area (Å²) in [5.41, 5.74) is 4.76. The summed E-state index contributed by atoms with van der Waals surface area (Å²) in [5.74, 6) is 2.35. The molecule has 1 aliphatic heterocycles. The smallest absolute Gasteiger partial charge is 0.175 e. The summed E-state index contributed by atoms with van der Waals surface area (Å²) < 4.78 is 12.1. The van der Waals surface area contributed by atoms with Crippen LogP contribution in [0, 0.1) is 23.2 Å².